The first-order chi connectivity index (χ1) is 9.52. The molecule has 0 saturated heterocycles. The van der Waals surface area contributed by atoms with E-state index in [-0.39, 0.29) is 9.16 Å². The zero-order valence-electron chi connectivity index (χ0n) is 12.2. The molecule has 0 amide bonds. The molecular formula is C12H26O4S4. The molecule has 0 saturated carbocycles. The molecule has 0 aliphatic heterocycles. The molecule has 0 aliphatic carbocycles. The predicted molar refractivity (Wildman–Crippen MR) is 93.1 cm³/mol. The lowest BCUT2D eigenvalue weighted by Gasteiger charge is -2.12. The summed E-state index contributed by atoms with van der Waals surface area (Å²) in [5.41, 5.74) is 0. The molecule has 0 aliphatic rings. The van der Waals surface area contributed by atoms with Crippen molar-refractivity contribution in [2.45, 2.75) is 61.5 Å². The van der Waals surface area contributed by atoms with Gasteiger partial charge < -0.3 is 9.11 Å². The summed E-state index contributed by atoms with van der Waals surface area (Å²) < 4.78 is 40.0. The van der Waals surface area contributed by atoms with Gasteiger partial charge in [-0.15, -0.1) is 23.5 Å². The zero-order valence-corrected chi connectivity index (χ0v) is 15.4. The fraction of sp³-hybridized carbons (Fsp3) is 1.00. The van der Waals surface area contributed by atoms with Crippen molar-refractivity contribution in [2.75, 3.05) is 11.5 Å². The summed E-state index contributed by atoms with van der Waals surface area (Å²) in [7, 11) is 0. The van der Waals surface area contributed by atoms with Crippen LogP contribution in [0.25, 0.3) is 0 Å². The summed E-state index contributed by atoms with van der Waals surface area (Å²) in [5, 5.41) is 0. The van der Waals surface area contributed by atoms with Gasteiger partial charge in [0.25, 0.3) is 0 Å². The summed E-state index contributed by atoms with van der Waals surface area (Å²) in [6.45, 7) is 4.03. The molecule has 4 atom stereocenters. The van der Waals surface area contributed by atoms with Crippen molar-refractivity contribution in [2.24, 2.45) is 0 Å². The molecule has 0 aromatic rings. The van der Waals surface area contributed by atoms with Crippen LogP contribution in [0.1, 0.15) is 52.4 Å². The molecular weight excluding hydrogens is 336 g/mol. The third kappa shape index (κ3) is 10.6. The fourth-order valence-corrected chi connectivity index (χ4v) is 6.05. The Bertz CT molecular complexity index is 261. The molecule has 8 heteroatoms. The summed E-state index contributed by atoms with van der Waals surface area (Å²) in [4.78, 5) is 0. The zero-order chi connectivity index (χ0) is 15.4. The molecule has 0 fully saturated rings. The van der Waals surface area contributed by atoms with E-state index in [1.165, 1.54) is 0 Å². The van der Waals surface area contributed by atoms with E-state index in [1.54, 1.807) is 23.5 Å². The predicted octanol–water partition coefficient (Wildman–Crippen LogP) is 3.93. The molecule has 0 aromatic heterocycles. The second-order valence-corrected chi connectivity index (χ2v) is 9.90. The first-order valence-corrected chi connectivity index (χ1v) is 11.4. The van der Waals surface area contributed by atoms with E-state index in [0.29, 0.717) is 0 Å². The summed E-state index contributed by atoms with van der Waals surface area (Å²) in [6.07, 6.45) is 5.33. The van der Waals surface area contributed by atoms with Gasteiger partial charge in [0.2, 0.25) is 0 Å². The minimum atomic E-state index is -1.74. The quantitative estimate of drug-likeness (QED) is 0.382. The number of hydrogen-bond acceptors (Lipinski definition) is 4. The van der Waals surface area contributed by atoms with Crippen LogP contribution in [-0.4, -0.2) is 38.2 Å². The molecule has 0 rings (SSSR count). The second-order valence-electron chi connectivity index (χ2n) is 4.44. The molecule has 4 nitrogen and oxygen atoms in total. The SMILES string of the molecule is CCCC(SCCCCSC(CCC)S(=O)O)S(=O)O. The van der Waals surface area contributed by atoms with Crippen LogP contribution in [-0.2, 0) is 22.2 Å². The molecule has 0 radical (unpaired) electrons. The largest absolute Gasteiger partial charge is 0.305 e. The number of thioether (sulfide) groups is 2. The average Bonchev–Trinajstić information content (AvgIpc) is 2.39. The Morgan fingerprint density at radius 2 is 1.20 bits per heavy atom. The van der Waals surface area contributed by atoms with Gasteiger partial charge in [0, 0.05) is 0 Å². The van der Waals surface area contributed by atoms with Crippen LogP contribution >= 0.6 is 23.5 Å². The van der Waals surface area contributed by atoms with Crippen LogP contribution in [0.15, 0.2) is 0 Å². The fourth-order valence-electron chi connectivity index (χ4n) is 1.59. The van der Waals surface area contributed by atoms with Crippen molar-refractivity contribution in [1.29, 1.82) is 0 Å². The lowest BCUT2D eigenvalue weighted by Crippen LogP contribution is -2.11. The van der Waals surface area contributed by atoms with Gasteiger partial charge >= 0.3 is 0 Å². The highest BCUT2D eigenvalue weighted by Gasteiger charge is 2.15. The van der Waals surface area contributed by atoms with Gasteiger partial charge in [-0.2, -0.15) is 0 Å². The van der Waals surface area contributed by atoms with Crippen molar-refractivity contribution >= 4 is 45.7 Å². The van der Waals surface area contributed by atoms with Crippen molar-refractivity contribution in [3.05, 3.63) is 0 Å². The van der Waals surface area contributed by atoms with Crippen LogP contribution < -0.4 is 0 Å². The molecule has 122 valence electrons. The van der Waals surface area contributed by atoms with Crippen LogP contribution in [0.5, 0.6) is 0 Å². The maximum atomic E-state index is 11.1. The highest BCUT2D eigenvalue weighted by atomic mass is 32.2. The lowest BCUT2D eigenvalue weighted by atomic mass is 10.4. The number of hydrogen-bond donors (Lipinski definition) is 2. The summed E-state index contributed by atoms with van der Waals surface area (Å²) in [6, 6.07) is 0. The average molecular weight is 363 g/mol. The third-order valence-electron chi connectivity index (χ3n) is 2.64. The minimum Gasteiger partial charge on any atom is -0.305 e. The van der Waals surface area contributed by atoms with Gasteiger partial charge in [-0.25, -0.2) is 8.42 Å². The van der Waals surface area contributed by atoms with Crippen molar-refractivity contribution < 1.29 is 17.5 Å². The monoisotopic (exact) mass is 362 g/mol. The Kier molecular flexibility index (Phi) is 14.2. The molecule has 0 heterocycles. The molecule has 0 bridgehead atoms. The topological polar surface area (TPSA) is 74.6 Å². The second kappa shape index (κ2) is 13.6. The van der Waals surface area contributed by atoms with E-state index >= 15 is 0 Å². The van der Waals surface area contributed by atoms with Crippen molar-refractivity contribution in [1.82, 2.24) is 0 Å². The Morgan fingerprint density at radius 1 is 0.850 bits per heavy atom. The van der Waals surface area contributed by atoms with Crippen molar-refractivity contribution in [3.63, 3.8) is 0 Å². The first kappa shape index (κ1) is 20.9. The Balaban J connectivity index is 3.69. The van der Waals surface area contributed by atoms with E-state index < -0.39 is 22.2 Å². The minimum absolute atomic E-state index is 0.176. The van der Waals surface area contributed by atoms with E-state index in [1.807, 2.05) is 13.8 Å². The lowest BCUT2D eigenvalue weighted by molar-refractivity contribution is 0.555. The summed E-state index contributed by atoms with van der Waals surface area (Å²) >= 11 is -0.363. The number of rotatable bonds is 13. The van der Waals surface area contributed by atoms with Crippen LogP contribution in [0.3, 0.4) is 0 Å². The molecule has 0 aromatic carbocycles. The normalized spacial score (nSPS) is 17.6. The van der Waals surface area contributed by atoms with Gasteiger partial charge in [0.15, 0.2) is 22.2 Å². The van der Waals surface area contributed by atoms with Gasteiger partial charge in [-0.05, 0) is 37.2 Å². The summed E-state index contributed by atoms with van der Waals surface area (Å²) in [5.74, 6) is 1.75. The molecule has 4 unspecified atom stereocenters. The standard InChI is InChI=1S/C12H26O4S4/c1-3-7-11(19(13)14)17-9-5-6-10-18-12(8-4-2)20(15)16/h11-12H,3-10H2,1-2H3,(H,13,14)(H,15,16). The van der Waals surface area contributed by atoms with E-state index in [4.69, 9.17) is 9.11 Å². The van der Waals surface area contributed by atoms with E-state index in [0.717, 1.165) is 50.0 Å². The number of unbranched alkanes of at least 4 members (excludes halogenated alkanes) is 1. The maximum absolute atomic E-state index is 11.1. The van der Waals surface area contributed by atoms with E-state index in [9.17, 15) is 8.42 Å². The van der Waals surface area contributed by atoms with Gasteiger partial charge in [0.05, 0.1) is 0 Å². The first-order valence-electron chi connectivity index (χ1n) is 6.95. The van der Waals surface area contributed by atoms with E-state index in [2.05, 4.69) is 0 Å². The van der Waals surface area contributed by atoms with Gasteiger partial charge in [-0.1, -0.05) is 26.7 Å². The Labute approximate surface area is 136 Å². The van der Waals surface area contributed by atoms with Gasteiger partial charge in [0.1, 0.15) is 9.16 Å². The van der Waals surface area contributed by atoms with Gasteiger partial charge in [-0.3, -0.25) is 0 Å². The maximum Gasteiger partial charge on any atom is 0.166 e. The van der Waals surface area contributed by atoms with Crippen LogP contribution in [0.2, 0.25) is 0 Å². The molecule has 0 spiro atoms. The highest BCUT2D eigenvalue weighted by molar-refractivity contribution is 8.10. The highest BCUT2D eigenvalue weighted by Crippen LogP contribution is 2.23. The smallest absolute Gasteiger partial charge is 0.166 e. The third-order valence-corrected chi connectivity index (χ3v) is 8.08. The van der Waals surface area contributed by atoms with Crippen LogP contribution in [0.4, 0.5) is 0 Å². The van der Waals surface area contributed by atoms with Crippen LogP contribution in [0, 0.1) is 0 Å². The molecule has 20 heavy (non-hydrogen) atoms. The Hall–Kier alpha value is 0.920. The van der Waals surface area contributed by atoms with Crippen molar-refractivity contribution in [3.8, 4) is 0 Å². The Morgan fingerprint density at radius 3 is 1.45 bits per heavy atom. The molecule has 2 N–H and O–H groups in total.